The zero-order valence-corrected chi connectivity index (χ0v) is 11.5. The van der Waals surface area contributed by atoms with Crippen LogP contribution in [-0.2, 0) is 0 Å². The molecule has 3 nitrogen and oxygen atoms in total. The highest BCUT2D eigenvalue weighted by Crippen LogP contribution is 2.19. The highest BCUT2D eigenvalue weighted by atomic mass is 14.8. The highest BCUT2D eigenvalue weighted by Gasteiger charge is 2.03. The lowest BCUT2D eigenvalue weighted by molar-refractivity contribution is 1.17. The maximum atomic E-state index is 4.47. The van der Waals surface area contributed by atoms with Gasteiger partial charge in [0, 0.05) is 11.8 Å². The van der Waals surface area contributed by atoms with E-state index >= 15 is 0 Å². The van der Waals surface area contributed by atoms with Gasteiger partial charge in [-0.05, 0) is 25.5 Å². The third kappa shape index (κ3) is 2.57. The van der Waals surface area contributed by atoms with Crippen LogP contribution in [0.4, 0.5) is 0 Å². The molecule has 0 spiro atoms. The molecule has 0 aliphatic rings. The average molecular weight is 261 g/mol. The molecule has 3 heteroatoms. The van der Waals surface area contributed by atoms with Gasteiger partial charge in [-0.15, -0.1) is 0 Å². The van der Waals surface area contributed by atoms with Gasteiger partial charge >= 0.3 is 0 Å². The minimum absolute atomic E-state index is 0.792. The van der Waals surface area contributed by atoms with Gasteiger partial charge in [0.05, 0.1) is 23.8 Å². The quantitative estimate of drug-likeness (QED) is 0.704. The normalized spacial score (nSPS) is 10.5. The van der Waals surface area contributed by atoms with E-state index in [0.717, 1.165) is 28.2 Å². The van der Waals surface area contributed by atoms with Crippen molar-refractivity contribution in [1.82, 2.24) is 15.0 Å². The summed E-state index contributed by atoms with van der Waals surface area (Å²) < 4.78 is 0. The summed E-state index contributed by atoms with van der Waals surface area (Å²) in [7, 11) is 0. The third-order valence-electron chi connectivity index (χ3n) is 3.17. The summed E-state index contributed by atoms with van der Waals surface area (Å²) in [4.78, 5) is 13.3. The molecule has 0 N–H and O–H groups in total. The van der Waals surface area contributed by atoms with Crippen molar-refractivity contribution in [3.8, 4) is 22.6 Å². The highest BCUT2D eigenvalue weighted by molar-refractivity contribution is 5.61. The van der Waals surface area contributed by atoms with Gasteiger partial charge in [0.1, 0.15) is 5.69 Å². The molecule has 0 aliphatic carbocycles. The number of pyridine rings is 1. The maximum Gasteiger partial charge on any atom is 0.107 e. The van der Waals surface area contributed by atoms with E-state index < -0.39 is 0 Å². The van der Waals surface area contributed by atoms with Crippen LogP contribution in [0.5, 0.6) is 0 Å². The molecule has 0 unspecified atom stereocenters. The second-order valence-electron chi connectivity index (χ2n) is 4.87. The van der Waals surface area contributed by atoms with Crippen LogP contribution in [0.1, 0.15) is 11.1 Å². The molecule has 0 fully saturated rings. The predicted octanol–water partition coefficient (Wildman–Crippen LogP) is 3.82. The van der Waals surface area contributed by atoms with Crippen LogP contribution in [0.2, 0.25) is 0 Å². The van der Waals surface area contributed by atoms with Gasteiger partial charge in [-0.2, -0.15) is 0 Å². The van der Waals surface area contributed by atoms with E-state index in [0.29, 0.717) is 0 Å². The molecule has 0 bridgehead atoms. The molecule has 20 heavy (non-hydrogen) atoms. The van der Waals surface area contributed by atoms with Gasteiger partial charge in [-0.25, -0.2) is 0 Å². The van der Waals surface area contributed by atoms with Crippen molar-refractivity contribution in [2.24, 2.45) is 0 Å². The Bertz CT molecular complexity index is 634. The average Bonchev–Trinajstić information content (AvgIpc) is 2.49. The first-order chi connectivity index (χ1) is 9.72. The van der Waals surface area contributed by atoms with Crippen LogP contribution in [0, 0.1) is 13.8 Å². The first-order valence-electron chi connectivity index (χ1n) is 6.54. The molecule has 0 saturated carbocycles. The summed E-state index contributed by atoms with van der Waals surface area (Å²) in [5.41, 5.74) is 5.96. The van der Waals surface area contributed by atoms with E-state index in [1.165, 1.54) is 5.56 Å². The van der Waals surface area contributed by atoms with Crippen molar-refractivity contribution in [3.63, 3.8) is 0 Å². The molecule has 3 rings (SSSR count). The number of benzene rings is 1. The maximum absolute atomic E-state index is 4.47. The van der Waals surface area contributed by atoms with E-state index in [-0.39, 0.29) is 0 Å². The predicted molar refractivity (Wildman–Crippen MR) is 80.2 cm³/mol. The summed E-state index contributed by atoms with van der Waals surface area (Å²) in [5, 5.41) is 0. The molecule has 0 atom stereocenters. The summed E-state index contributed by atoms with van der Waals surface area (Å²) in [6, 6.07) is 12.3. The Labute approximate surface area is 118 Å². The molecular formula is C17H15N3. The van der Waals surface area contributed by atoms with Crippen molar-refractivity contribution < 1.29 is 0 Å². The monoisotopic (exact) mass is 261 g/mol. The largest absolute Gasteiger partial charge is 0.254 e. The lowest BCUT2D eigenvalue weighted by Crippen LogP contribution is -1.91. The molecule has 3 aromatic rings. The molecule has 0 radical (unpaired) electrons. The van der Waals surface area contributed by atoms with Crippen LogP contribution in [-0.4, -0.2) is 15.0 Å². The number of aryl methyl sites for hydroxylation is 2. The Kier molecular flexibility index (Phi) is 3.25. The van der Waals surface area contributed by atoms with Crippen LogP contribution in [0.3, 0.4) is 0 Å². The van der Waals surface area contributed by atoms with Gasteiger partial charge in [0.25, 0.3) is 0 Å². The van der Waals surface area contributed by atoms with Gasteiger partial charge < -0.3 is 0 Å². The fourth-order valence-corrected chi connectivity index (χ4v) is 1.95. The Balaban J connectivity index is 1.91. The molecule has 1 aromatic carbocycles. The number of aromatic nitrogens is 3. The van der Waals surface area contributed by atoms with Gasteiger partial charge in [0.15, 0.2) is 0 Å². The number of rotatable bonds is 2. The summed E-state index contributed by atoms with van der Waals surface area (Å²) >= 11 is 0. The molecule has 0 amide bonds. The Morgan fingerprint density at radius 2 is 1.15 bits per heavy atom. The summed E-state index contributed by atoms with van der Waals surface area (Å²) in [5.74, 6) is 0. The zero-order valence-electron chi connectivity index (χ0n) is 11.5. The van der Waals surface area contributed by atoms with E-state index in [4.69, 9.17) is 0 Å². The van der Waals surface area contributed by atoms with E-state index in [9.17, 15) is 0 Å². The van der Waals surface area contributed by atoms with E-state index in [2.05, 4.69) is 46.1 Å². The Hall–Kier alpha value is -2.55. The number of hydrogen-bond donors (Lipinski definition) is 0. The number of nitrogens with zero attached hydrogens (tertiary/aromatic N) is 3. The molecule has 98 valence electrons. The fourth-order valence-electron chi connectivity index (χ4n) is 1.95. The summed E-state index contributed by atoms with van der Waals surface area (Å²) in [6.07, 6.45) is 5.40. The van der Waals surface area contributed by atoms with Gasteiger partial charge in [0.2, 0.25) is 0 Å². The Morgan fingerprint density at radius 1 is 0.550 bits per heavy atom. The first kappa shape index (κ1) is 12.5. The van der Waals surface area contributed by atoms with E-state index in [1.807, 2.05) is 25.3 Å². The lowest BCUT2D eigenvalue weighted by atomic mass is 10.1. The van der Waals surface area contributed by atoms with Crippen LogP contribution in [0.25, 0.3) is 22.6 Å². The Morgan fingerprint density at radius 3 is 1.75 bits per heavy atom. The van der Waals surface area contributed by atoms with Crippen molar-refractivity contribution in [1.29, 1.82) is 0 Å². The second-order valence-corrected chi connectivity index (χ2v) is 4.87. The van der Waals surface area contributed by atoms with Crippen molar-refractivity contribution >= 4 is 0 Å². The van der Waals surface area contributed by atoms with Gasteiger partial charge in [-0.1, -0.05) is 35.9 Å². The van der Waals surface area contributed by atoms with Crippen molar-refractivity contribution in [2.45, 2.75) is 13.8 Å². The smallest absolute Gasteiger partial charge is 0.107 e. The topological polar surface area (TPSA) is 38.7 Å². The molecule has 0 saturated heterocycles. The number of hydrogen-bond acceptors (Lipinski definition) is 3. The molecule has 2 heterocycles. The van der Waals surface area contributed by atoms with E-state index in [1.54, 1.807) is 12.4 Å². The van der Waals surface area contributed by atoms with Crippen LogP contribution >= 0.6 is 0 Å². The van der Waals surface area contributed by atoms with Crippen molar-refractivity contribution in [2.75, 3.05) is 0 Å². The first-order valence-corrected chi connectivity index (χ1v) is 6.54. The van der Waals surface area contributed by atoms with Crippen molar-refractivity contribution in [3.05, 3.63) is 66.1 Å². The second kappa shape index (κ2) is 5.21. The SMILES string of the molecule is Cc1ccc(-c2cnc(-c3ccc(C)cn3)cn2)cc1. The van der Waals surface area contributed by atoms with Crippen LogP contribution < -0.4 is 0 Å². The minimum Gasteiger partial charge on any atom is -0.254 e. The summed E-state index contributed by atoms with van der Waals surface area (Å²) in [6.45, 7) is 4.09. The standard InChI is InChI=1S/C17H15N3/c1-12-3-6-14(7-4-12)16-10-20-17(11-19-16)15-8-5-13(2)9-18-15/h3-11H,1-2H3. The zero-order chi connectivity index (χ0) is 13.9. The van der Waals surface area contributed by atoms with Gasteiger partial charge in [-0.3, -0.25) is 15.0 Å². The molecule has 0 aliphatic heterocycles. The minimum atomic E-state index is 0.792. The third-order valence-corrected chi connectivity index (χ3v) is 3.17. The molecular weight excluding hydrogens is 246 g/mol. The lowest BCUT2D eigenvalue weighted by Gasteiger charge is -2.03. The fraction of sp³-hybridized carbons (Fsp3) is 0.118. The van der Waals surface area contributed by atoms with Crippen LogP contribution in [0.15, 0.2) is 55.0 Å². The molecule has 2 aromatic heterocycles.